The highest BCUT2D eigenvalue weighted by Crippen LogP contribution is 1.94. The monoisotopic (exact) mass is 203 g/mol. The van der Waals surface area contributed by atoms with Crippen molar-refractivity contribution in [2.24, 2.45) is 0 Å². The van der Waals surface area contributed by atoms with Crippen LogP contribution >= 0.6 is 12.2 Å². The fourth-order valence-electron chi connectivity index (χ4n) is 0.811. The molecule has 0 bridgehead atoms. The Morgan fingerprint density at radius 3 is 2.69 bits per heavy atom. The number of methoxy groups -OCH3 is 1. The van der Waals surface area contributed by atoms with Crippen LogP contribution in [0.2, 0.25) is 0 Å². The van der Waals surface area contributed by atoms with Crippen molar-refractivity contribution in [2.45, 2.75) is 32.6 Å². The first-order chi connectivity index (χ1) is 6.20. The number of esters is 1. The fraction of sp³-hybridized carbons (Fsp3) is 0.778. The van der Waals surface area contributed by atoms with E-state index in [-0.39, 0.29) is 5.97 Å². The number of hydrogen-bond donors (Lipinski definition) is 1. The lowest BCUT2D eigenvalue weighted by atomic mass is 10.3. The molecule has 0 aromatic carbocycles. The molecule has 0 aromatic heterocycles. The molecule has 1 N–H and O–H groups in total. The van der Waals surface area contributed by atoms with E-state index < -0.39 is 0 Å². The third-order valence-electron chi connectivity index (χ3n) is 1.64. The van der Waals surface area contributed by atoms with Crippen molar-refractivity contribution in [1.29, 1.82) is 0 Å². The highest BCUT2D eigenvalue weighted by molar-refractivity contribution is 7.80. The second kappa shape index (κ2) is 7.98. The molecule has 0 amide bonds. The maximum absolute atomic E-state index is 10.7. The molecule has 0 spiro atoms. The Morgan fingerprint density at radius 2 is 2.15 bits per heavy atom. The van der Waals surface area contributed by atoms with Crippen molar-refractivity contribution < 1.29 is 9.53 Å². The first-order valence-corrected chi connectivity index (χ1v) is 4.95. The second-order valence-corrected chi connectivity index (χ2v) is 3.27. The average Bonchev–Trinajstić information content (AvgIpc) is 2.14. The lowest BCUT2D eigenvalue weighted by molar-refractivity contribution is -0.140. The van der Waals surface area contributed by atoms with E-state index in [0.717, 1.165) is 24.4 Å². The Balaban J connectivity index is 3.35. The van der Waals surface area contributed by atoms with Gasteiger partial charge in [0, 0.05) is 13.0 Å². The van der Waals surface area contributed by atoms with Gasteiger partial charge in [-0.25, -0.2) is 0 Å². The molecule has 4 heteroatoms. The van der Waals surface area contributed by atoms with Gasteiger partial charge >= 0.3 is 5.97 Å². The highest BCUT2D eigenvalue weighted by Gasteiger charge is 2.02. The highest BCUT2D eigenvalue weighted by atomic mass is 32.1. The Hall–Kier alpha value is -0.640. The number of unbranched alkanes of at least 4 members (excludes halogenated alkanes) is 1. The zero-order chi connectivity index (χ0) is 10.1. The summed E-state index contributed by atoms with van der Waals surface area (Å²) in [6, 6.07) is 0. The summed E-state index contributed by atoms with van der Waals surface area (Å²) >= 11 is 5.01. The van der Waals surface area contributed by atoms with Crippen molar-refractivity contribution in [2.75, 3.05) is 13.7 Å². The van der Waals surface area contributed by atoms with E-state index in [1.165, 1.54) is 7.11 Å². The number of carbonyl (C=O) groups is 1. The first-order valence-electron chi connectivity index (χ1n) is 4.54. The molecular weight excluding hydrogens is 186 g/mol. The van der Waals surface area contributed by atoms with Crippen molar-refractivity contribution in [3.05, 3.63) is 0 Å². The second-order valence-electron chi connectivity index (χ2n) is 2.78. The SMILES string of the molecule is CCCCNC(=S)CCC(=O)OC. The summed E-state index contributed by atoms with van der Waals surface area (Å²) in [6.07, 6.45) is 3.21. The van der Waals surface area contributed by atoms with E-state index in [2.05, 4.69) is 17.0 Å². The van der Waals surface area contributed by atoms with E-state index in [1.807, 2.05) is 0 Å². The third-order valence-corrected chi connectivity index (χ3v) is 1.98. The standard InChI is InChI=1S/C9H17NO2S/c1-3-4-7-10-8(13)5-6-9(11)12-2/h3-7H2,1-2H3,(H,10,13). The van der Waals surface area contributed by atoms with Crippen LogP contribution in [0.25, 0.3) is 0 Å². The maximum Gasteiger partial charge on any atom is 0.305 e. The summed E-state index contributed by atoms with van der Waals surface area (Å²) in [6.45, 7) is 3.02. The number of carbonyl (C=O) groups excluding carboxylic acids is 1. The van der Waals surface area contributed by atoms with Gasteiger partial charge in [-0.3, -0.25) is 4.79 Å². The van der Waals surface area contributed by atoms with E-state index in [0.29, 0.717) is 12.8 Å². The normalized spacial score (nSPS) is 9.38. The molecule has 0 aliphatic heterocycles. The molecular formula is C9H17NO2S. The zero-order valence-electron chi connectivity index (χ0n) is 8.26. The summed E-state index contributed by atoms with van der Waals surface area (Å²) in [7, 11) is 1.38. The topological polar surface area (TPSA) is 38.3 Å². The molecule has 3 nitrogen and oxygen atoms in total. The molecule has 0 radical (unpaired) electrons. The molecule has 0 rings (SSSR count). The predicted octanol–water partition coefficient (Wildman–Crippen LogP) is 1.66. The minimum Gasteiger partial charge on any atom is -0.469 e. The van der Waals surface area contributed by atoms with Gasteiger partial charge in [-0.15, -0.1) is 0 Å². The summed E-state index contributed by atoms with van der Waals surface area (Å²) < 4.78 is 4.50. The quantitative estimate of drug-likeness (QED) is 0.405. The lowest BCUT2D eigenvalue weighted by Gasteiger charge is -2.05. The molecule has 0 saturated heterocycles. The number of thiocarbonyl (C=S) groups is 1. The maximum atomic E-state index is 10.7. The summed E-state index contributed by atoms with van der Waals surface area (Å²) in [5, 5.41) is 3.09. The summed E-state index contributed by atoms with van der Waals surface area (Å²) in [5.41, 5.74) is 0. The van der Waals surface area contributed by atoms with Crippen LogP contribution in [0.3, 0.4) is 0 Å². The van der Waals surface area contributed by atoms with Crippen molar-refractivity contribution in [3.8, 4) is 0 Å². The lowest BCUT2D eigenvalue weighted by Crippen LogP contribution is -2.23. The zero-order valence-corrected chi connectivity index (χ0v) is 9.08. The van der Waals surface area contributed by atoms with Gasteiger partial charge in [0.25, 0.3) is 0 Å². The molecule has 0 fully saturated rings. The minimum atomic E-state index is -0.209. The largest absolute Gasteiger partial charge is 0.469 e. The van der Waals surface area contributed by atoms with E-state index in [4.69, 9.17) is 12.2 Å². The van der Waals surface area contributed by atoms with Crippen LogP contribution in [0.5, 0.6) is 0 Å². The third kappa shape index (κ3) is 7.71. The van der Waals surface area contributed by atoms with Gasteiger partial charge in [-0.05, 0) is 6.42 Å². The Morgan fingerprint density at radius 1 is 1.46 bits per heavy atom. The average molecular weight is 203 g/mol. The Bertz CT molecular complexity index is 171. The molecule has 0 atom stereocenters. The number of hydrogen-bond acceptors (Lipinski definition) is 3. The fourth-order valence-corrected chi connectivity index (χ4v) is 1.01. The summed E-state index contributed by atoms with van der Waals surface area (Å²) in [5.74, 6) is -0.209. The van der Waals surface area contributed by atoms with Crippen LogP contribution in [0.1, 0.15) is 32.6 Å². The molecule has 0 heterocycles. The number of rotatable bonds is 6. The van der Waals surface area contributed by atoms with Crippen LogP contribution < -0.4 is 5.32 Å². The van der Waals surface area contributed by atoms with Gasteiger partial charge in [0.1, 0.15) is 0 Å². The van der Waals surface area contributed by atoms with Crippen LogP contribution in [0.15, 0.2) is 0 Å². The van der Waals surface area contributed by atoms with Gasteiger partial charge in [0.15, 0.2) is 0 Å². The van der Waals surface area contributed by atoms with E-state index in [1.54, 1.807) is 0 Å². The van der Waals surface area contributed by atoms with Gasteiger partial charge in [0.2, 0.25) is 0 Å². The van der Waals surface area contributed by atoms with Crippen LogP contribution in [0.4, 0.5) is 0 Å². The molecule has 0 aliphatic rings. The van der Waals surface area contributed by atoms with Crippen LogP contribution in [-0.4, -0.2) is 24.6 Å². The number of ether oxygens (including phenoxy) is 1. The Labute approximate surface area is 84.8 Å². The smallest absolute Gasteiger partial charge is 0.305 e. The van der Waals surface area contributed by atoms with Crippen LogP contribution in [0, 0.1) is 0 Å². The van der Waals surface area contributed by atoms with Gasteiger partial charge < -0.3 is 10.1 Å². The van der Waals surface area contributed by atoms with Gasteiger partial charge in [0.05, 0.1) is 18.5 Å². The molecule has 0 unspecified atom stereocenters. The molecule has 0 saturated carbocycles. The van der Waals surface area contributed by atoms with Crippen molar-refractivity contribution in [3.63, 3.8) is 0 Å². The van der Waals surface area contributed by atoms with Crippen molar-refractivity contribution in [1.82, 2.24) is 5.32 Å². The molecule has 13 heavy (non-hydrogen) atoms. The predicted molar refractivity (Wildman–Crippen MR) is 56.8 cm³/mol. The number of nitrogens with one attached hydrogen (secondary N) is 1. The van der Waals surface area contributed by atoms with Crippen molar-refractivity contribution >= 4 is 23.2 Å². The minimum absolute atomic E-state index is 0.209. The van der Waals surface area contributed by atoms with E-state index >= 15 is 0 Å². The van der Waals surface area contributed by atoms with Gasteiger partial charge in [-0.2, -0.15) is 0 Å². The molecule has 0 aromatic rings. The van der Waals surface area contributed by atoms with Crippen LogP contribution in [-0.2, 0) is 9.53 Å². The molecule has 76 valence electrons. The van der Waals surface area contributed by atoms with E-state index in [9.17, 15) is 4.79 Å². The molecule has 0 aliphatic carbocycles. The summed E-state index contributed by atoms with van der Waals surface area (Å²) in [4.78, 5) is 11.5. The Kier molecular flexibility index (Phi) is 7.59. The van der Waals surface area contributed by atoms with Gasteiger partial charge in [-0.1, -0.05) is 25.6 Å². The first kappa shape index (κ1) is 12.4.